The van der Waals surface area contributed by atoms with E-state index in [9.17, 15) is 0 Å². The van der Waals surface area contributed by atoms with Gasteiger partial charge in [0.1, 0.15) is 6.61 Å². The van der Waals surface area contributed by atoms with E-state index >= 15 is 0 Å². The fourth-order valence-corrected chi connectivity index (χ4v) is 3.15. The summed E-state index contributed by atoms with van der Waals surface area (Å²) in [5.74, 6) is 1.17. The van der Waals surface area contributed by atoms with Crippen LogP contribution in [0.1, 0.15) is 36.1 Å². The SMILES string of the molecule is CCOc1cc(C=Nc2ccc(CC)cc2)cc(Cl)c1OCc1ccc(C)cc1. The maximum atomic E-state index is 6.52. The molecule has 0 atom stereocenters. The molecule has 0 saturated heterocycles. The van der Waals surface area contributed by atoms with Crippen molar-refractivity contribution in [3.8, 4) is 11.5 Å². The molecule has 150 valence electrons. The fourth-order valence-electron chi connectivity index (χ4n) is 2.87. The van der Waals surface area contributed by atoms with E-state index in [0.717, 1.165) is 23.2 Å². The van der Waals surface area contributed by atoms with Crippen LogP contribution >= 0.6 is 11.6 Å². The first-order valence-electron chi connectivity index (χ1n) is 9.86. The molecule has 0 aliphatic heterocycles. The number of rotatable bonds is 8. The lowest BCUT2D eigenvalue weighted by atomic mass is 10.1. The topological polar surface area (TPSA) is 30.8 Å². The van der Waals surface area contributed by atoms with Gasteiger partial charge in [-0.3, -0.25) is 4.99 Å². The van der Waals surface area contributed by atoms with Gasteiger partial charge < -0.3 is 9.47 Å². The van der Waals surface area contributed by atoms with Gasteiger partial charge in [0, 0.05) is 6.21 Å². The summed E-state index contributed by atoms with van der Waals surface area (Å²) in [5.41, 5.74) is 5.35. The maximum Gasteiger partial charge on any atom is 0.180 e. The number of nitrogens with zero attached hydrogens (tertiary/aromatic N) is 1. The minimum Gasteiger partial charge on any atom is -0.490 e. The van der Waals surface area contributed by atoms with Crippen LogP contribution in [-0.2, 0) is 13.0 Å². The largest absolute Gasteiger partial charge is 0.490 e. The zero-order valence-corrected chi connectivity index (χ0v) is 17.9. The molecule has 29 heavy (non-hydrogen) atoms. The Kier molecular flexibility index (Phi) is 7.31. The summed E-state index contributed by atoms with van der Waals surface area (Å²) in [5, 5.41) is 0.505. The van der Waals surface area contributed by atoms with Crippen molar-refractivity contribution in [1.82, 2.24) is 0 Å². The lowest BCUT2D eigenvalue weighted by Crippen LogP contribution is -2.01. The Hall–Kier alpha value is -2.78. The molecule has 0 aliphatic carbocycles. The minimum absolute atomic E-state index is 0.428. The highest BCUT2D eigenvalue weighted by molar-refractivity contribution is 6.32. The Bertz CT molecular complexity index is 963. The number of halogens is 1. The van der Waals surface area contributed by atoms with E-state index in [0.29, 0.717) is 29.7 Å². The second-order valence-electron chi connectivity index (χ2n) is 6.82. The molecular formula is C25H26ClNO2. The Labute approximate surface area is 178 Å². The number of hydrogen-bond donors (Lipinski definition) is 0. The van der Waals surface area contributed by atoms with E-state index in [4.69, 9.17) is 21.1 Å². The second-order valence-corrected chi connectivity index (χ2v) is 7.22. The molecular weight excluding hydrogens is 382 g/mol. The molecule has 3 rings (SSSR count). The van der Waals surface area contributed by atoms with Gasteiger partial charge in [0.05, 0.1) is 17.3 Å². The molecule has 3 nitrogen and oxygen atoms in total. The van der Waals surface area contributed by atoms with Crippen molar-refractivity contribution in [2.24, 2.45) is 4.99 Å². The summed E-state index contributed by atoms with van der Waals surface area (Å²) in [4.78, 5) is 4.55. The standard InChI is InChI=1S/C25H26ClNO2/c1-4-19-10-12-22(13-11-19)27-16-21-14-23(26)25(24(15-21)28-5-2)29-17-20-8-6-18(3)7-9-20/h6-16H,4-5,17H2,1-3H3. The van der Waals surface area contributed by atoms with Gasteiger partial charge in [-0.05, 0) is 61.2 Å². The van der Waals surface area contributed by atoms with Crippen LogP contribution in [0.3, 0.4) is 0 Å². The fraction of sp³-hybridized carbons (Fsp3) is 0.240. The maximum absolute atomic E-state index is 6.52. The summed E-state index contributed by atoms with van der Waals surface area (Å²) in [6.07, 6.45) is 2.81. The summed E-state index contributed by atoms with van der Waals surface area (Å²) in [7, 11) is 0. The van der Waals surface area contributed by atoms with Crippen molar-refractivity contribution in [1.29, 1.82) is 0 Å². The average molecular weight is 408 g/mol. The molecule has 0 N–H and O–H groups in total. The van der Waals surface area contributed by atoms with Crippen LogP contribution in [0.2, 0.25) is 5.02 Å². The summed E-state index contributed by atoms with van der Waals surface area (Å²) < 4.78 is 11.8. The van der Waals surface area contributed by atoms with Crippen LogP contribution in [-0.4, -0.2) is 12.8 Å². The molecule has 3 aromatic rings. The summed E-state index contributed by atoms with van der Waals surface area (Å²) in [6, 6.07) is 20.2. The van der Waals surface area contributed by atoms with Gasteiger partial charge in [-0.15, -0.1) is 0 Å². The molecule has 0 spiro atoms. The summed E-state index contributed by atoms with van der Waals surface area (Å²) >= 11 is 6.52. The van der Waals surface area contributed by atoms with Crippen LogP contribution < -0.4 is 9.47 Å². The highest BCUT2D eigenvalue weighted by Gasteiger charge is 2.12. The van der Waals surface area contributed by atoms with Crippen molar-refractivity contribution in [2.45, 2.75) is 33.8 Å². The average Bonchev–Trinajstić information content (AvgIpc) is 2.73. The van der Waals surface area contributed by atoms with Crippen molar-refractivity contribution in [3.05, 3.63) is 87.9 Å². The highest BCUT2D eigenvalue weighted by atomic mass is 35.5. The molecule has 0 saturated carbocycles. The van der Waals surface area contributed by atoms with Crippen molar-refractivity contribution < 1.29 is 9.47 Å². The Morgan fingerprint density at radius 2 is 1.59 bits per heavy atom. The molecule has 0 radical (unpaired) electrons. The Balaban J connectivity index is 1.79. The third-order valence-electron chi connectivity index (χ3n) is 4.54. The summed E-state index contributed by atoms with van der Waals surface area (Å²) in [6.45, 7) is 7.09. The zero-order chi connectivity index (χ0) is 20.6. The molecule has 0 heterocycles. The van der Waals surface area contributed by atoms with Gasteiger partial charge in [0.2, 0.25) is 0 Å². The lowest BCUT2D eigenvalue weighted by Gasteiger charge is -2.14. The van der Waals surface area contributed by atoms with E-state index in [-0.39, 0.29) is 0 Å². The van der Waals surface area contributed by atoms with Crippen LogP contribution in [0.25, 0.3) is 0 Å². The van der Waals surface area contributed by atoms with E-state index in [2.05, 4.69) is 55.2 Å². The third kappa shape index (κ3) is 5.85. The number of aryl methyl sites for hydroxylation is 2. The molecule has 0 aromatic heterocycles. The van der Waals surface area contributed by atoms with E-state index in [1.807, 2.05) is 31.2 Å². The highest BCUT2D eigenvalue weighted by Crippen LogP contribution is 2.37. The van der Waals surface area contributed by atoms with E-state index < -0.39 is 0 Å². The Morgan fingerprint density at radius 3 is 2.24 bits per heavy atom. The van der Waals surface area contributed by atoms with Gasteiger partial charge >= 0.3 is 0 Å². The lowest BCUT2D eigenvalue weighted by molar-refractivity contribution is 0.269. The molecule has 3 aromatic carbocycles. The molecule has 0 aliphatic rings. The van der Waals surface area contributed by atoms with Crippen molar-refractivity contribution >= 4 is 23.5 Å². The molecule has 4 heteroatoms. The van der Waals surface area contributed by atoms with Gasteiger partial charge in [0.25, 0.3) is 0 Å². The number of ether oxygens (including phenoxy) is 2. The van der Waals surface area contributed by atoms with Gasteiger partial charge in [-0.25, -0.2) is 0 Å². The quantitative estimate of drug-likeness (QED) is 0.378. The second kappa shape index (κ2) is 10.1. The smallest absolute Gasteiger partial charge is 0.180 e. The number of hydrogen-bond acceptors (Lipinski definition) is 3. The predicted molar refractivity (Wildman–Crippen MR) is 121 cm³/mol. The minimum atomic E-state index is 0.428. The molecule has 0 unspecified atom stereocenters. The first kappa shape index (κ1) is 20.9. The van der Waals surface area contributed by atoms with Gasteiger partial charge in [-0.2, -0.15) is 0 Å². The van der Waals surface area contributed by atoms with Crippen LogP contribution in [0, 0.1) is 6.92 Å². The number of aliphatic imine (C=N–C) groups is 1. The van der Waals surface area contributed by atoms with Crippen molar-refractivity contribution in [2.75, 3.05) is 6.61 Å². The van der Waals surface area contributed by atoms with E-state index in [1.165, 1.54) is 11.1 Å². The number of benzene rings is 3. The van der Waals surface area contributed by atoms with Crippen molar-refractivity contribution in [3.63, 3.8) is 0 Å². The zero-order valence-electron chi connectivity index (χ0n) is 17.1. The Morgan fingerprint density at radius 1 is 0.897 bits per heavy atom. The molecule has 0 bridgehead atoms. The normalized spacial score (nSPS) is 11.0. The third-order valence-corrected chi connectivity index (χ3v) is 4.82. The molecule has 0 fully saturated rings. The van der Waals surface area contributed by atoms with Crippen LogP contribution in [0.4, 0.5) is 5.69 Å². The molecule has 0 amide bonds. The van der Waals surface area contributed by atoms with Gasteiger partial charge in [0.15, 0.2) is 11.5 Å². The van der Waals surface area contributed by atoms with Crippen LogP contribution in [0.15, 0.2) is 65.7 Å². The van der Waals surface area contributed by atoms with E-state index in [1.54, 1.807) is 6.21 Å². The van der Waals surface area contributed by atoms with Gasteiger partial charge in [-0.1, -0.05) is 60.5 Å². The van der Waals surface area contributed by atoms with Crippen LogP contribution in [0.5, 0.6) is 11.5 Å². The predicted octanol–water partition coefficient (Wildman–Crippen LogP) is 6.94. The first-order valence-corrected chi connectivity index (χ1v) is 10.2. The monoisotopic (exact) mass is 407 g/mol. The first-order chi connectivity index (χ1) is 14.1.